The Morgan fingerprint density at radius 3 is 2.15 bits per heavy atom. The summed E-state index contributed by atoms with van der Waals surface area (Å²) in [6.45, 7) is 4.91. The van der Waals surface area contributed by atoms with Crippen molar-refractivity contribution < 1.29 is 46.8 Å². The number of nitrogens with zero attached hydrogens (tertiary/aromatic N) is 1. The van der Waals surface area contributed by atoms with Crippen LogP contribution in [0.1, 0.15) is 44.2 Å². The van der Waals surface area contributed by atoms with Crippen molar-refractivity contribution in [2.75, 3.05) is 39.5 Å². The Bertz CT molecular complexity index is 1010. The van der Waals surface area contributed by atoms with Gasteiger partial charge in [0.2, 0.25) is 0 Å². The number of carbonyl (C=O) groups excluding carboxylic acids is 1. The fourth-order valence-corrected chi connectivity index (χ4v) is 3.55. The molecular formula is C28H36F3NO7. The Labute approximate surface area is 226 Å². The second-order valence-electron chi connectivity index (χ2n) is 9.08. The highest BCUT2D eigenvalue weighted by Crippen LogP contribution is 2.20. The van der Waals surface area contributed by atoms with E-state index in [-0.39, 0.29) is 45.8 Å². The second kappa shape index (κ2) is 15.9. The van der Waals surface area contributed by atoms with Gasteiger partial charge in [-0.2, -0.15) is 13.2 Å². The zero-order valence-electron chi connectivity index (χ0n) is 22.4. The SMILES string of the molecule is CCOC(Cc1ccc(OCCN(CCCOCC(F)(F)F)C(=O)Oc2ccc(C(C)C)cc2)cc1)C(=O)O. The minimum Gasteiger partial charge on any atom is -0.492 e. The molecule has 0 heterocycles. The topological polar surface area (TPSA) is 94.5 Å². The molecule has 0 aromatic heterocycles. The first-order valence-electron chi connectivity index (χ1n) is 12.8. The van der Waals surface area contributed by atoms with E-state index in [2.05, 4.69) is 4.74 Å². The summed E-state index contributed by atoms with van der Waals surface area (Å²) in [5.74, 6) is 0.139. The third kappa shape index (κ3) is 12.4. The third-order valence-corrected chi connectivity index (χ3v) is 5.61. The highest BCUT2D eigenvalue weighted by atomic mass is 19.4. The summed E-state index contributed by atoms with van der Waals surface area (Å²) in [7, 11) is 0. The third-order valence-electron chi connectivity index (χ3n) is 5.61. The number of carboxylic acids is 1. The lowest BCUT2D eigenvalue weighted by molar-refractivity contribution is -0.174. The molecule has 0 spiro atoms. The molecule has 0 aliphatic carbocycles. The molecule has 0 saturated carbocycles. The summed E-state index contributed by atoms with van der Waals surface area (Å²) in [6.07, 6.45) is -5.63. The van der Waals surface area contributed by atoms with Crippen molar-refractivity contribution in [3.8, 4) is 11.5 Å². The number of hydrogen-bond acceptors (Lipinski definition) is 6. The maximum absolute atomic E-state index is 12.8. The number of ether oxygens (including phenoxy) is 4. The molecule has 0 saturated heterocycles. The summed E-state index contributed by atoms with van der Waals surface area (Å²) in [5, 5.41) is 9.24. The molecule has 216 valence electrons. The Hall–Kier alpha value is -3.31. The van der Waals surface area contributed by atoms with Gasteiger partial charge < -0.3 is 29.0 Å². The standard InChI is InChI=1S/C28H36F3NO7/c1-4-37-25(26(33)34)18-21-6-10-23(11-7-21)38-17-15-32(14-5-16-36-19-28(29,30)31)27(35)39-24-12-8-22(9-13-24)20(2)3/h6-13,20,25H,4-5,14-19H2,1-3H3,(H,33,34). The number of aliphatic carboxylic acids is 1. The van der Waals surface area contributed by atoms with Crippen LogP contribution < -0.4 is 9.47 Å². The molecule has 1 N–H and O–H groups in total. The highest BCUT2D eigenvalue weighted by molar-refractivity contribution is 5.72. The van der Waals surface area contributed by atoms with Gasteiger partial charge in [-0.05, 0) is 54.7 Å². The maximum atomic E-state index is 12.8. The fraction of sp³-hybridized carbons (Fsp3) is 0.500. The van der Waals surface area contributed by atoms with Gasteiger partial charge in [0.15, 0.2) is 6.10 Å². The molecular weight excluding hydrogens is 519 g/mol. The Morgan fingerprint density at radius 2 is 1.59 bits per heavy atom. The molecule has 2 rings (SSSR count). The lowest BCUT2D eigenvalue weighted by Gasteiger charge is -2.22. The average molecular weight is 556 g/mol. The van der Waals surface area contributed by atoms with Crippen molar-refractivity contribution in [3.63, 3.8) is 0 Å². The molecule has 39 heavy (non-hydrogen) atoms. The summed E-state index contributed by atoms with van der Waals surface area (Å²) >= 11 is 0. The largest absolute Gasteiger partial charge is 0.492 e. The predicted molar refractivity (Wildman–Crippen MR) is 138 cm³/mol. The molecule has 1 amide bonds. The molecule has 0 fully saturated rings. The molecule has 8 nitrogen and oxygen atoms in total. The number of halogens is 3. The Balaban J connectivity index is 1.94. The van der Waals surface area contributed by atoms with Gasteiger partial charge >= 0.3 is 18.2 Å². The number of carbonyl (C=O) groups is 2. The highest BCUT2D eigenvalue weighted by Gasteiger charge is 2.27. The minimum atomic E-state index is -4.41. The number of hydrogen-bond donors (Lipinski definition) is 1. The van der Waals surface area contributed by atoms with Crippen molar-refractivity contribution in [2.45, 2.75) is 51.8 Å². The monoisotopic (exact) mass is 555 g/mol. The molecule has 2 aromatic carbocycles. The number of carboxylic acid groups (broad SMARTS) is 1. The molecule has 11 heteroatoms. The van der Waals surface area contributed by atoms with Crippen molar-refractivity contribution >= 4 is 12.1 Å². The minimum absolute atomic E-state index is 0.0981. The van der Waals surface area contributed by atoms with E-state index in [0.29, 0.717) is 17.4 Å². The number of rotatable bonds is 16. The molecule has 2 aromatic rings. The van der Waals surface area contributed by atoms with Gasteiger partial charge in [0.25, 0.3) is 0 Å². The second-order valence-corrected chi connectivity index (χ2v) is 9.08. The molecule has 1 atom stereocenters. The van der Waals surface area contributed by atoms with Crippen LogP contribution in [-0.4, -0.2) is 73.9 Å². The molecule has 0 bridgehead atoms. The molecule has 0 aliphatic rings. The molecule has 1 unspecified atom stereocenters. The summed E-state index contributed by atoms with van der Waals surface area (Å²) in [4.78, 5) is 25.5. The van der Waals surface area contributed by atoms with E-state index >= 15 is 0 Å². The van der Waals surface area contributed by atoms with Crippen molar-refractivity contribution in [1.82, 2.24) is 4.90 Å². The Kier molecular flexibility index (Phi) is 13.0. The van der Waals surface area contributed by atoms with Gasteiger partial charge in [-0.25, -0.2) is 9.59 Å². The number of amides is 1. The van der Waals surface area contributed by atoms with E-state index < -0.39 is 30.9 Å². The van der Waals surface area contributed by atoms with Gasteiger partial charge in [0.05, 0.1) is 6.54 Å². The van der Waals surface area contributed by atoms with Crippen molar-refractivity contribution in [2.24, 2.45) is 0 Å². The van der Waals surface area contributed by atoms with E-state index in [4.69, 9.17) is 14.2 Å². The van der Waals surface area contributed by atoms with Gasteiger partial charge in [0.1, 0.15) is 24.7 Å². The van der Waals surface area contributed by atoms with Crippen LogP contribution in [0.25, 0.3) is 0 Å². The Morgan fingerprint density at radius 1 is 0.949 bits per heavy atom. The smallest absolute Gasteiger partial charge is 0.415 e. The van der Waals surface area contributed by atoms with Crippen LogP contribution in [-0.2, 0) is 20.7 Å². The van der Waals surface area contributed by atoms with Crippen LogP contribution in [0.2, 0.25) is 0 Å². The maximum Gasteiger partial charge on any atom is 0.415 e. The lowest BCUT2D eigenvalue weighted by Crippen LogP contribution is -2.38. The van der Waals surface area contributed by atoms with E-state index in [0.717, 1.165) is 11.1 Å². The van der Waals surface area contributed by atoms with Crippen LogP contribution in [0.3, 0.4) is 0 Å². The first kappa shape index (κ1) is 31.9. The van der Waals surface area contributed by atoms with Crippen LogP contribution in [0.15, 0.2) is 48.5 Å². The first-order valence-corrected chi connectivity index (χ1v) is 12.8. The average Bonchev–Trinajstić information content (AvgIpc) is 2.87. The normalized spacial score (nSPS) is 12.3. The van der Waals surface area contributed by atoms with Crippen LogP contribution >= 0.6 is 0 Å². The molecule has 0 radical (unpaired) electrons. The van der Waals surface area contributed by atoms with E-state index in [1.54, 1.807) is 43.3 Å². The van der Waals surface area contributed by atoms with Gasteiger partial charge in [0, 0.05) is 26.2 Å². The fourth-order valence-electron chi connectivity index (χ4n) is 3.55. The number of benzene rings is 2. The first-order chi connectivity index (χ1) is 18.5. The van der Waals surface area contributed by atoms with Crippen LogP contribution in [0.4, 0.5) is 18.0 Å². The van der Waals surface area contributed by atoms with E-state index in [9.17, 15) is 27.9 Å². The van der Waals surface area contributed by atoms with Crippen molar-refractivity contribution in [3.05, 3.63) is 59.7 Å². The van der Waals surface area contributed by atoms with Gasteiger partial charge in [-0.15, -0.1) is 0 Å². The predicted octanol–water partition coefficient (Wildman–Crippen LogP) is 5.69. The summed E-state index contributed by atoms with van der Waals surface area (Å²) < 4.78 is 58.0. The zero-order chi connectivity index (χ0) is 28.8. The van der Waals surface area contributed by atoms with Crippen LogP contribution in [0.5, 0.6) is 11.5 Å². The van der Waals surface area contributed by atoms with E-state index in [1.165, 1.54) is 4.90 Å². The lowest BCUT2D eigenvalue weighted by atomic mass is 10.0. The zero-order valence-corrected chi connectivity index (χ0v) is 22.4. The van der Waals surface area contributed by atoms with Gasteiger partial charge in [-0.3, -0.25) is 0 Å². The van der Waals surface area contributed by atoms with Gasteiger partial charge in [-0.1, -0.05) is 38.1 Å². The quantitative estimate of drug-likeness (QED) is 0.266. The summed E-state index contributed by atoms with van der Waals surface area (Å²) in [5.41, 5.74) is 1.85. The van der Waals surface area contributed by atoms with Crippen molar-refractivity contribution in [1.29, 1.82) is 0 Å². The molecule has 0 aliphatic heterocycles. The van der Waals surface area contributed by atoms with Crippen LogP contribution in [0, 0.1) is 0 Å². The van der Waals surface area contributed by atoms with E-state index in [1.807, 2.05) is 26.0 Å². The number of alkyl halides is 3. The summed E-state index contributed by atoms with van der Waals surface area (Å²) in [6, 6.07) is 13.9.